The van der Waals surface area contributed by atoms with Crippen LogP contribution in [-0.4, -0.2) is 83.7 Å². The minimum absolute atomic E-state index is 0.000954. The molecule has 2 aromatic heterocycles. The summed E-state index contributed by atoms with van der Waals surface area (Å²) in [6.45, 7) is 1.91. The van der Waals surface area contributed by atoms with Gasteiger partial charge in [0.1, 0.15) is 17.8 Å². The lowest BCUT2D eigenvalue weighted by molar-refractivity contribution is -0.128. The highest BCUT2D eigenvalue weighted by Crippen LogP contribution is 2.31. The number of hydrogen-bond acceptors (Lipinski definition) is 8. The Bertz CT molecular complexity index is 1690. The van der Waals surface area contributed by atoms with Gasteiger partial charge in [0.2, 0.25) is 15.9 Å². The fraction of sp³-hybridized carbons (Fsp3) is 0.419. The zero-order valence-electron chi connectivity index (χ0n) is 24.7. The monoisotopic (exact) mass is 619 g/mol. The minimum Gasteiger partial charge on any atom is -0.467 e. The highest BCUT2D eigenvalue weighted by atomic mass is 32.2. The third kappa shape index (κ3) is 6.26. The molecule has 1 unspecified atom stereocenters. The van der Waals surface area contributed by atoms with E-state index in [2.05, 4.69) is 20.5 Å². The Morgan fingerprint density at radius 3 is 2.41 bits per heavy atom. The maximum absolute atomic E-state index is 14.2. The molecule has 2 amide bonds. The number of aromatic nitrogens is 3. The van der Waals surface area contributed by atoms with Crippen LogP contribution in [0.25, 0.3) is 11.0 Å². The topological polar surface area (TPSA) is 134 Å². The molecule has 6 rings (SSSR count). The standard InChI is InChI=1S/C31H37N7O5S/c1-35-17-19-36(20-18-35)44(41,42)25-15-13-24(14-16-25)38(29(39)22-37-27-11-6-5-10-26(27)33-34-37)30(28-12-7-21-43-28)31(40)32-23-8-3-2-4-9-23/h5-7,10-16,21,23,30H,2-4,8-9,17-20,22H2,1H3,(H,32,40). The first kappa shape index (κ1) is 30.0. The molecular weight excluding hydrogens is 582 g/mol. The van der Waals surface area contributed by atoms with Crippen LogP contribution >= 0.6 is 0 Å². The predicted molar refractivity (Wildman–Crippen MR) is 164 cm³/mol. The third-order valence-electron chi connectivity index (χ3n) is 8.46. The first-order valence-electron chi connectivity index (χ1n) is 15.0. The average molecular weight is 620 g/mol. The van der Waals surface area contributed by atoms with Crippen LogP contribution in [0.1, 0.15) is 43.9 Å². The van der Waals surface area contributed by atoms with E-state index in [0.717, 1.165) is 32.1 Å². The van der Waals surface area contributed by atoms with Crippen LogP contribution in [0.2, 0.25) is 0 Å². The fourth-order valence-electron chi connectivity index (χ4n) is 5.98. The van der Waals surface area contributed by atoms with Gasteiger partial charge >= 0.3 is 0 Å². The van der Waals surface area contributed by atoms with Crippen molar-refractivity contribution in [2.75, 3.05) is 38.1 Å². The lowest BCUT2D eigenvalue weighted by Crippen LogP contribution is -2.48. The molecule has 0 radical (unpaired) electrons. The van der Waals surface area contributed by atoms with Gasteiger partial charge in [-0.25, -0.2) is 13.1 Å². The lowest BCUT2D eigenvalue weighted by Gasteiger charge is -2.33. The molecule has 1 saturated carbocycles. The number of rotatable bonds is 9. The number of nitrogens with zero attached hydrogens (tertiary/aromatic N) is 6. The smallest absolute Gasteiger partial charge is 0.251 e. The molecule has 12 nitrogen and oxygen atoms in total. The Hall–Kier alpha value is -4.07. The normalized spacial score (nSPS) is 17.8. The summed E-state index contributed by atoms with van der Waals surface area (Å²) in [5, 5.41) is 11.5. The van der Waals surface area contributed by atoms with Crippen LogP contribution < -0.4 is 10.2 Å². The summed E-state index contributed by atoms with van der Waals surface area (Å²) in [5.41, 5.74) is 1.68. The zero-order valence-corrected chi connectivity index (χ0v) is 25.5. The van der Waals surface area contributed by atoms with Gasteiger partial charge in [0.25, 0.3) is 5.91 Å². The minimum atomic E-state index is -3.73. The van der Waals surface area contributed by atoms with E-state index in [0.29, 0.717) is 48.7 Å². The highest BCUT2D eigenvalue weighted by Gasteiger charge is 2.37. The maximum atomic E-state index is 14.2. The number of furan rings is 1. The molecule has 0 spiro atoms. The van der Waals surface area contributed by atoms with E-state index in [-0.39, 0.29) is 23.4 Å². The molecular formula is C31H37N7O5S. The second kappa shape index (κ2) is 12.9. The Balaban J connectivity index is 1.36. The van der Waals surface area contributed by atoms with Crippen molar-refractivity contribution in [1.29, 1.82) is 0 Å². The van der Waals surface area contributed by atoms with E-state index in [4.69, 9.17) is 4.42 Å². The van der Waals surface area contributed by atoms with Crippen LogP contribution in [0.15, 0.2) is 76.2 Å². The summed E-state index contributed by atoms with van der Waals surface area (Å²) in [6, 6.07) is 15.7. The highest BCUT2D eigenvalue weighted by molar-refractivity contribution is 7.89. The van der Waals surface area contributed by atoms with Crippen molar-refractivity contribution in [3.63, 3.8) is 0 Å². The van der Waals surface area contributed by atoms with Gasteiger partial charge in [-0.2, -0.15) is 4.31 Å². The molecule has 13 heteroatoms. The molecule has 2 aliphatic rings. The number of para-hydroxylation sites is 1. The maximum Gasteiger partial charge on any atom is 0.251 e. The van der Waals surface area contributed by atoms with Gasteiger partial charge in [0, 0.05) is 37.9 Å². The molecule has 1 atom stereocenters. The van der Waals surface area contributed by atoms with E-state index in [1.165, 1.54) is 32.3 Å². The van der Waals surface area contributed by atoms with Gasteiger partial charge < -0.3 is 14.6 Å². The van der Waals surface area contributed by atoms with Gasteiger partial charge in [-0.05, 0) is 68.4 Å². The predicted octanol–water partition coefficient (Wildman–Crippen LogP) is 3.18. The Kier molecular flexibility index (Phi) is 8.78. The first-order chi connectivity index (χ1) is 21.3. The van der Waals surface area contributed by atoms with E-state index in [1.54, 1.807) is 24.3 Å². The van der Waals surface area contributed by atoms with Crippen molar-refractivity contribution in [2.45, 2.75) is 55.6 Å². The number of carbonyl (C=O) groups excluding carboxylic acids is 2. The van der Waals surface area contributed by atoms with Crippen molar-refractivity contribution >= 4 is 38.6 Å². The molecule has 1 saturated heterocycles. The van der Waals surface area contributed by atoms with Crippen LogP contribution in [0, 0.1) is 0 Å². The Morgan fingerprint density at radius 2 is 1.70 bits per heavy atom. The summed E-state index contributed by atoms with van der Waals surface area (Å²) in [4.78, 5) is 31.8. The number of likely N-dealkylation sites (N-methyl/N-ethyl adjacent to an activating group) is 1. The molecule has 4 aromatic rings. The number of piperazine rings is 1. The number of hydrogen-bond donors (Lipinski definition) is 1. The number of anilines is 1. The number of nitrogens with one attached hydrogen (secondary N) is 1. The summed E-state index contributed by atoms with van der Waals surface area (Å²) >= 11 is 0. The molecule has 0 bridgehead atoms. The van der Waals surface area contributed by atoms with Crippen molar-refractivity contribution in [2.24, 2.45) is 0 Å². The van der Waals surface area contributed by atoms with Crippen LogP contribution in [-0.2, 0) is 26.2 Å². The molecule has 44 heavy (non-hydrogen) atoms. The molecule has 1 N–H and O–H groups in total. The van der Waals surface area contributed by atoms with Crippen molar-refractivity contribution in [3.8, 4) is 0 Å². The number of benzene rings is 2. The molecule has 232 valence electrons. The van der Waals surface area contributed by atoms with Crippen molar-refractivity contribution in [1.82, 2.24) is 29.5 Å². The van der Waals surface area contributed by atoms with E-state index in [1.807, 2.05) is 31.3 Å². The summed E-state index contributed by atoms with van der Waals surface area (Å²) < 4.78 is 35.6. The molecule has 2 aromatic carbocycles. The summed E-state index contributed by atoms with van der Waals surface area (Å²) in [7, 11) is -1.76. The van der Waals surface area contributed by atoms with Gasteiger partial charge in [-0.15, -0.1) is 5.10 Å². The quantitative estimate of drug-likeness (QED) is 0.302. The van der Waals surface area contributed by atoms with Gasteiger partial charge in [-0.1, -0.05) is 36.6 Å². The fourth-order valence-corrected chi connectivity index (χ4v) is 7.40. The second-order valence-corrected chi connectivity index (χ2v) is 13.4. The molecule has 1 aliphatic heterocycles. The second-order valence-electron chi connectivity index (χ2n) is 11.5. The van der Waals surface area contributed by atoms with Crippen LogP contribution in [0.5, 0.6) is 0 Å². The molecule has 2 fully saturated rings. The summed E-state index contributed by atoms with van der Waals surface area (Å²) in [6.07, 6.45) is 6.40. The van der Waals surface area contributed by atoms with E-state index < -0.39 is 22.0 Å². The molecule has 1 aliphatic carbocycles. The van der Waals surface area contributed by atoms with Crippen LogP contribution in [0.3, 0.4) is 0 Å². The number of sulfonamides is 1. The zero-order chi connectivity index (χ0) is 30.7. The first-order valence-corrected chi connectivity index (χ1v) is 16.5. The van der Waals surface area contributed by atoms with E-state index >= 15 is 0 Å². The van der Waals surface area contributed by atoms with Gasteiger partial charge in [0.05, 0.1) is 16.7 Å². The number of fused-ring (bicyclic) bond motifs is 1. The van der Waals surface area contributed by atoms with E-state index in [9.17, 15) is 18.0 Å². The largest absolute Gasteiger partial charge is 0.467 e. The lowest BCUT2D eigenvalue weighted by atomic mass is 9.95. The summed E-state index contributed by atoms with van der Waals surface area (Å²) in [5.74, 6) is -0.502. The third-order valence-corrected chi connectivity index (χ3v) is 10.4. The number of amides is 2. The van der Waals surface area contributed by atoms with Crippen molar-refractivity contribution in [3.05, 3.63) is 72.7 Å². The molecule has 3 heterocycles. The Morgan fingerprint density at radius 1 is 0.977 bits per heavy atom. The Labute approximate surface area is 256 Å². The SMILES string of the molecule is CN1CCN(S(=O)(=O)c2ccc(N(C(=O)Cn3nnc4ccccc43)C(C(=O)NC3CCCCC3)c3ccco3)cc2)CC1. The van der Waals surface area contributed by atoms with Crippen molar-refractivity contribution < 1.29 is 22.4 Å². The van der Waals surface area contributed by atoms with Gasteiger partial charge in [0.15, 0.2) is 6.04 Å². The van der Waals surface area contributed by atoms with Crippen LogP contribution in [0.4, 0.5) is 5.69 Å². The number of carbonyl (C=O) groups is 2. The van der Waals surface area contributed by atoms with Gasteiger partial charge in [-0.3, -0.25) is 14.5 Å². The average Bonchev–Trinajstić information content (AvgIpc) is 3.71.